The van der Waals surface area contributed by atoms with Gasteiger partial charge in [0.2, 0.25) is 0 Å². The largest absolute Gasteiger partial charge is 0.370 e. The molecule has 5 heteroatoms. The second-order valence-electron chi connectivity index (χ2n) is 4.14. The van der Waals surface area contributed by atoms with Gasteiger partial charge in [0.05, 0.1) is 0 Å². The molecular formula is C12H20N4S. The number of aromatic nitrogens is 2. The SMILES string of the molecule is CCNc1cc(NC2CCSC2)nc(CC)n1. The Morgan fingerprint density at radius 2 is 2.18 bits per heavy atom. The number of hydrogen-bond acceptors (Lipinski definition) is 5. The van der Waals surface area contributed by atoms with Crippen LogP contribution in [-0.2, 0) is 6.42 Å². The van der Waals surface area contributed by atoms with Gasteiger partial charge in [-0.2, -0.15) is 11.8 Å². The van der Waals surface area contributed by atoms with Crippen LogP contribution in [0.1, 0.15) is 26.1 Å². The molecule has 1 unspecified atom stereocenters. The number of aryl methyl sites for hydroxylation is 1. The van der Waals surface area contributed by atoms with Crippen molar-refractivity contribution in [3.8, 4) is 0 Å². The number of anilines is 2. The Bertz CT molecular complexity index is 364. The lowest BCUT2D eigenvalue weighted by atomic mass is 10.2. The first kappa shape index (κ1) is 12.5. The Hall–Kier alpha value is -0.970. The van der Waals surface area contributed by atoms with E-state index in [-0.39, 0.29) is 0 Å². The van der Waals surface area contributed by atoms with Crippen molar-refractivity contribution in [1.29, 1.82) is 0 Å². The van der Waals surface area contributed by atoms with Gasteiger partial charge in [0, 0.05) is 30.8 Å². The van der Waals surface area contributed by atoms with Crippen LogP contribution in [0.4, 0.5) is 11.6 Å². The van der Waals surface area contributed by atoms with E-state index in [1.54, 1.807) is 0 Å². The van der Waals surface area contributed by atoms with Gasteiger partial charge in [-0.15, -0.1) is 0 Å². The summed E-state index contributed by atoms with van der Waals surface area (Å²) in [5, 5.41) is 6.75. The molecule has 1 aromatic rings. The van der Waals surface area contributed by atoms with Gasteiger partial charge in [0.15, 0.2) is 0 Å². The van der Waals surface area contributed by atoms with Crippen molar-refractivity contribution in [2.75, 3.05) is 28.7 Å². The summed E-state index contributed by atoms with van der Waals surface area (Å²) in [6, 6.07) is 2.57. The second-order valence-corrected chi connectivity index (χ2v) is 5.29. The third kappa shape index (κ3) is 3.49. The molecule has 1 aliphatic rings. The normalized spacial score (nSPS) is 19.3. The van der Waals surface area contributed by atoms with E-state index in [0.717, 1.165) is 30.4 Å². The summed E-state index contributed by atoms with van der Waals surface area (Å²) in [4.78, 5) is 8.97. The molecule has 0 aromatic carbocycles. The van der Waals surface area contributed by atoms with Crippen LogP contribution >= 0.6 is 11.8 Å². The van der Waals surface area contributed by atoms with Crippen LogP contribution in [0.25, 0.3) is 0 Å². The molecular weight excluding hydrogens is 232 g/mol. The molecule has 17 heavy (non-hydrogen) atoms. The summed E-state index contributed by atoms with van der Waals surface area (Å²) in [5.74, 6) is 5.22. The van der Waals surface area contributed by atoms with Crippen LogP contribution in [0, 0.1) is 0 Å². The number of rotatable bonds is 5. The van der Waals surface area contributed by atoms with E-state index in [4.69, 9.17) is 0 Å². The third-order valence-corrected chi connectivity index (χ3v) is 3.89. The molecule has 0 bridgehead atoms. The van der Waals surface area contributed by atoms with Crippen LogP contribution in [0.2, 0.25) is 0 Å². The number of hydrogen-bond donors (Lipinski definition) is 2. The van der Waals surface area contributed by atoms with Gasteiger partial charge in [-0.05, 0) is 19.1 Å². The Balaban J connectivity index is 2.10. The van der Waals surface area contributed by atoms with Gasteiger partial charge in [0.1, 0.15) is 17.5 Å². The molecule has 0 amide bonds. The highest BCUT2D eigenvalue weighted by atomic mass is 32.2. The molecule has 0 aliphatic carbocycles. The van der Waals surface area contributed by atoms with Gasteiger partial charge >= 0.3 is 0 Å². The minimum atomic E-state index is 0.564. The number of nitrogens with zero attached hydrogens (tertiary/aromatic N) is 2. The first-order chi connectivity index (χ1) is 8.31. The van der Waals surface area contributed by atoms with E-state index in [1.807, 2.05) is 17.8 Å². The van der Waals surface area contributed by atoms with Gasteiger partial charge in [0.25, 0.3) is 0 Å². The maximum Gasteiger partial charge on any atom is 0.132 e. The molecule has 2 heterocycles. The molecule has 0 radical (unpaired) electrons. The zero-order chi connectivity index (χ0) is 12.1. The maximum atomic E-state index is 4.53. The Morgan fingerprint density at radius 3 is 2.82 bits per heavy atom. The van der Waals surface area contributed by atoms with Crippen molar-refractivity contribution < 1.29 is 0 Å². The average molecular weight is 252 g/mol. The van der Waals surface area contributed by atoms with Crippen LogP contribution in [-0.4, -0.2) is 34.1 Å². The highest BCUT2D eigenvalue weighted by Crippen LogP contribution is 2.21. The smallest absolute Gasteiger partial charge is 0.132 e. The lowest BCUT2D eigenvalue weighted by Gasteiger charge is -2.14. The van der Waals surface area contributed by atoms with Crippen molar-refractivity contribution in [2.24, 2.45) is 0 Å². The van der Waals surface area contributed by atoms with E-state index in [1.165, 1.54) is 17.9 Å². The topological polar surface area (TPSA) is 49.8 Å². The fourth-order valence-electron chi connectivity index (χ4n) is 1.86. The summed E-state index contributed by atoms with van der Waals surface area (Å²) >= 11 is 2.00. The van der Waals surface area contributed by atoms with Crippen LogP contribution in [0.3, 0.4) is 0 Å². The molecule has 2 rings (SSSR count). The monoisotopic (exact) mass is 252 g/mol. The van der Waals surface area contributed by atoms with E-state index in [2.05, 4.69) is 34.4 Å². The van der Waals surface area contributed by atoms with Crippen molar-refractivity contribution >= 4 is 23.4 Å². The fourth-order valence-corrected chi connectivity index (χ4v) is 3.01. The standard InChI is InChI=1S/C12H20N4S/c1-3-10-15-11(13-4-2)7-12(16-10)14-9-5-6-17-8-9/h7,9H,3-6,8H2,1-2H3,(H2,13,14,15,16). The Morgan fingerprint density at radius 1 is 1.35 bits per heavy atom. The predicted molar refractivity (Wildman–Crippen MR) is 74.9 cm³/mol. The van der Waals surface area contributed by atoms with Gasteiger partial charge < -0.3 is 10.6 Å². The van der Waals surface area contributed by atoms with E-state index >= 15 is 0 Å². The molecule has 4 nitrogen and oxygen atoms in total. The predicted octanol–water partition coefficient (Wildman–Crippen LogP) is 2.39. The van der Waals surface area contributed by atoms with Gasteiger partial charge in [-0.25, -0.2) is 9.97 Å². The molecule has 0 saturated carbocycles. The Labute approximate surface area is 107 Å². The van der Waals surface area contributed by atoms with E-state index in [0.29, 0.717) is 6.04 Å². The van der Waals surface area contributed by atoms with Gasteiger partial charge in [-0.1, -0.05) is 6.92 Å². The van der Waals surface area contributed by atoms with E-state index < -0.39 is 0 Å². The highest BCUT2D eigenvalue weighted by molar-refractivity contribution is 7.99. The Kier molecular flexibility index (Phi) is 4.48. The molecule has 94 valence electrons. The summed E-state index contributed by atoms with van der Waals surface area (Å²) in [7, 11) is 0. The molecule has 1 atom stereocenters. The van der Waals surface area contributed by atoms with Crippen molar-refractivity contribution in [3.63, 3.8) is 0 Å². The summed E-state index contributed by atoms with van der Waals surface area (Å²) in [6.07, 6.45) is 2.10. The third-order valence-electron chi connectivity index (χ3n) is 2.73. The molecule has 0 spiro atoms. The summed E-state index contributed by atoms with van der Waals surface area (Å²) < 4.78 is 0. The maximum absolute atomic E-state index is 4.53. The molecule has 1 saturated heterocycles. The quantitative estimate of drug-likeness (QED) is 0.842. The highest BCUT2D eigenvalue weighted by Gasteiger charge is 2.16. The molecule has 1 fully saturated rings. The lowest BCUT2D eigenvalue weighted by molar-refractivity contribution is 0.800. The second kappa shape index (κ2) is 6.10. The van der Waals surface area contributed by atoms with Crippen molar-refractivity contribution in [3.05, 3.63) is 11.9 Å². The minimum Gasteiger partial charge on any atom is -0.370 e. The van der Waals surface area contributed by atoms with Gasteiger partial charge in [-0.3, -0.25) is 0 Å². The summed E-state index contributed by atoms with van der Waals surface area (Å²) in [5.41, 5.74) is 0. The molecule has 1 aliphatic heterocycles. The lowest BCUT2D eigenvalue weighted by Crippen LogP contribution is -2.19. The first-order valence-electron chi connectivity index (χ1n) is 6.28. The number of thioether (sulfide) groups is 1. The average Bonchev–Trinajstić information content (AvgIpc) is 2.82. The zero-order valence-corrected chi connectivity index (χ0v) is 11.3. The van der Waals surface area contributed by atoms with Crippen LogP contribution < -0.4 is 10.6 Å². The van der Waals surface area contributed by atoms with E-state index in [9.17, 15) is 0 Å². The van der Waals surface area contributed by atoms with Crippen molar-refractivity contribution in [1.82, 2.24) is 9.97 Å². The molecule has 1 aromatic heterocycles. The minimum absolute atomic E-state index is 0.564. The first-order valence-corrected chi connectivity index (χ1v) is 7.43. The summed E-state index contributed by atoms with van der Waals surface area (Å²) in [6.45, 7) is 5.05. The molecule has 2 N–H and O–H groups in total. The van der Waals surface area contributed by atoms with Crippen molar-refractivity contribution in [2.45, 2.75) is 32.7 Å². The fraction of sp³-hybridized carbons (Fsp3) is 0.667. The van der Waals surface area contributed by atoms with Crippen LogP contribution in [0.5, 0.6) is 0 Å². The van der Waals surface area contributed by atoms with Crippen LogP contribution in [0.15, 0.2) is 6.07 Å². The zero-order valence-electron chi connectivity index (χ0n) is 10.5. The number of nitrogens with one attached hydrogen (secondary N) is 2.